The van der Waals surface area contributed by atoms with Crippen molar-refractivity contribution in [1.29, 1.82) is 0 Å². The Kier molecular flexibility index (Phi) is 4.24. The fourth-order valence-electron chi connectivity index (χ4n) is 4.75. The molecule has 1 saturated carbocycles. The number of carbonyl (C=O) groups is 1. The molecular formula is C22H24FN3O3. The summed E-state index contributed by atoms with van der Waals surface area (Å²) in [5.41, 5.74) is 7.56. The Bertz CT molecular complexity index is 1100. The molecule has 1 aromatic carbocycles. The van der Waals surface area contributed by atoms with Gasteiger partial charge in [0.2, 0.25) is 5.43 Å². The third-order valence-electron chi connectivity index (χ3n) is 6.14. The summed E-state index contributed by atoms with van der Waals surface area (Å²) in [6.07, 6.45) is 9.11. The number of halogens is 1. The molecule has 0 radical (unpaired) electrons. The Labute approximate surface area is 167 Å². The van der Waals surface area contributed by atoms with Crippen LogP contribution in [0, 0.1) is 5.82 Å². The van der Waals surface area contributed by atoms with Crippen molar-refractivity contribution in [1.82, 2.24) is 4.57 Å². The zero-order valence-electron chi connectivity index (χ0n) is 16.4. The van der Waals surface area contributed by atoms with Gasteiger partial charge in [0.15, 0.2) is 0 Å². The number of pyridine rings is 1. The van der Waals surface area contributed by atoms with Crippen molar-refractivity contribution in [3.63, 3.8) is 0 Å². The van der Waals surface area contributed by atoms with E-state index in [1.54, 1.807) is 13.1 Å². The molecule has 2 N–H and O–H groups in total. The van der Waals surface area contributed by atoms with Gasteiger partial charge in [-0.1, -0.05) is 12.2 Å². The lowest BCUT2D eigenvalue weighted by Crippen LogP contribution is -2.31. The van der Waals surface area contributed by atoms with E-state index in [-0.39, 0.29) is 35.7 Å². The standard InChI is InChI=1S/C22H24FN3O3/c1-2-29-22(28)17-11-26(13-6-7-13)19-15-5-3-4-14-8-12(24)10-25(14)20(15)18(23)9-16(19)21(17)27/h3,5,9,11-14H,2,4,6-8,10,24H2,1H3/t12-,14-/m0/s1. The summed E-state index contributed by atoms with van der Waals surface area (Å²) < 4.78 is 22.4. The van der Waals surface area contributed by atoms with Gasteiger partial charge in [0, 0.05) is 36.4 Å². The Hall–Kier alpha value is -2.67. The van der Waals surface area contributed by atoms with Crippen LogP contribution in [0.4, 0.5) is 10.1 Å². The molecule has 2 aromatic rings. The molecule has 5 rings (SSSR count). The molecule has 0 unspecified atom stereocenters. The van der Waals surface area contributed by atoms with E-state index in [1.807, 2.05) is 16.7 Å². The van der Waals surface area contributed by atoms with Crippen molar-refractivity contribution in [3.8, 4) is 0 Å². The normalized spacial score (nSPS) is 23.1. The minimum absolute atomic E-state index is 0.00580. The number of rotatable bonds is 3. The molecule has 3 heterocycles. The second-order valence-corrected chi connectivity index (χ2v) is 8.19. The highest BCUT2D eigenvalue weighted by Gasteiger charge is 2.36. The zero-order chi connectivity index (χ0) is 20.3. The highest BCUT2D eigenvalue weighted by atomic mass is 19.1. The number of ether oxygens (including phenoxy) is 1. The minimum atomic E-state index is -0.662. The quantitative estimate of drug-likeness (QED) is 0.806. The first-order valence-corrected chi connectivity index (χ1v) is 10.3. The maximum Gasteiger partial charge on any atom is 0.343 e. The highest BCUT2D eigenvalue weighted by Crippen LogP contribution is 2.43. The number of hydrogen-bond donors (Lipinski definition) is 1. The summed E-state index contributed by atoms with van der Waals surface area (Å²) in [5.74, 6) is -1.11. The predicted molar refractivity (Wildman–Crippen MR) is 110 cm³/mol. The second-order valence-electron chi connectivity index (χ2n) is 8.19. The van der Waals surface area contributed by atoms with E-state index in [2.05, 4.69) is 4.90 Å². The molecule has 1 aromatic heterocycles. The number of aromatic nitrogens is 1. The van der Waals surface area contributed by atoms with Crippen LogP contribution < -0.4 is 16.1 Å². The van der Waals surface area contributed by atoms with Crippen LogP contribution in [0.2, 0.25) is 0 Å². The first kappa shape index (κ1) is 18.4. The Morgan fingerprint density at radius 3 is 2.86 bits per heavy atom. The van der Waals surface area contributed by atoms with E-state index in [0.29, 0.717) is 23.3 Å². The first-order valence-electron chi connectivity index (χ1n) is 10.3. The molecule has 7 heteroatoms. The molecule has 2 atom stereocenters. The molecule has 29 heavy (non-hydrogen) atoms. The van der Waals surface area contributed by atoms with E-state index in [9.17, 15) is 9.59 Å². The summed E-state index contributed by atoms with van der Waals surface area (Å²) in [6, 6.07) is 1.66. The van der Waals surface area contributed by atoms with Crippen molar-refractivity contribution >= 4 is 28.6 Å². The number of benzene rings is 1. The molecule has 152 valence electrons. The summed E-state index contributed by atoms with van der Waals surface area (Å²) in [4.78, 5) is 27.5. The summed E-state index contributed by atoms with van der Waals surface area (Å²) in [6.45, 7) is 2.47. The molecule has 0 amide bonds. The van der Waals surface area contributed by atoms with Gasteiger partial charge in [0.25, 0.3) is 0 Å². The molecule has 1 aliphatic carbocycles. The topological polar surface area (TPSA) is 77.6 Å². The van der Waals surface area contributed by atoms with Crippen molar-refractivity contribution in [3.05, 3.63) is 45.5 Å². The second kappa shape index (κ2) is 6.69. The largest absolute Gasteiger partial charge is 0.462 e. The third kappa shape index (κ3) is 2.87. The van der Waals surface area contributed by atoms with Crippen LogP contribution in [0.25, 0.3) is 17.0 Å². The van der Waals surface area contributed by atoms with Gasteiger partial charge in [-0.2, -0.15) is 0 Å². The molecule has 1 saturated heterocycles. The number of anilines is 1. The fraction of sp³-hybridized carbons (Fsp3) is 0.455. The number of esters is 1. The summed E-state index contributed by atoms with van der Waals surface area (Å²) in [7, 11) is 0. The van der Waals surface area contributed by atoms with Crippen LogP contribution in [-0.2, 0) is 4.74 Å². The third-order valence-corrected chi connectivity index (χ3v) is 6.14. The first-order chi connectivity index (χ1) is 14.0. The van der Waals surface area contributed by atoms with Crippen molar-refractivity contribution in [2.45, 2.75) is 50.7 Å². The van der Waals surface area contributed by atoms with E-state index in [4.69, 9.17) is 10.5 Å². The molecule has 6 nitrogen and oxygen atoms in total. The maximum atomic E-state index is 15.4. The van der Waals surface area contributed by atoms with Crippen LogP contribution in [-0.4, -0.2) is 35.8 Å². The number of carbonyl (C=O) groups excluding carboxylic acids is 1. The van der Waals surface area contributed by atoms with Gasteiger partial charge in [-0.25, -0.2) is 9.18 Å². The van der Waals surface area contributed by atoms with Crippen LogP contribution in [0.5, 0.6) is 0 Å². The fourth-order valence-corrected chi connectivity index (χ4v) is 4.75. The molecular weight excluding hydrogens is 373 g/mol. The van der Waals surface area contributed by atoms with Crippen molar-refractivity contribution in [2.24, 2.45) is 5.73 Å². The molecule has 0 spiro atoms. The van der Waals surface area contributed by atoms with Gasteiger partial charge in [0.1, 0.15) is 11.4 Å². The monoisotopic (exact) mass is 397 g/mol. The molecule has 2 fully saturated rings. The zero-order valence-corrected chi connectivity index (χ0v) is 16.4. The smallest absolute Gasteiger partial charge is 0.343 e. The lowest BCUT2D eigenvalue weighted by atomic mass is 10.0. The number of hydrogen-bond acceptors (Lipinski definition) is 5. The number of nitrogens with zero attached hydrogens (tertiary/aromatic N) is 2. The molecule has 0 bridgehead atoms. The van der Waals surface area contributed by atoms with Crippen LogP contribution in [0.1, 0.15) is 54.6 Å². The average Bonchev–Trinajstić information content (AvgIpc) is 3.47. The van der Waals surface area contributed by atoms with E-state index in [1.165, 1.54) is 6.07 Å². The lowest BCUT2D eigenvalue weighted by molar-refractivity contribution is 0.0524. The Morgan fingerprint density at radius 2 is 2.14 bits per heavy atom. The van der Waals surface area contributed by atoms with Gasteiger partial charge in [-0.15, -0.1) is 0 Å². The van der Waals surface area contributed by atoms with Crippen LogP contribution >= 0.6 is 0 Å². The Balaban J connectivity index is 1.82. The van der Waals surface area contributed by atoms with Gasteiger partial charge in [-0.3, -0.25) is 4.79 Å². The van der Waals surface area contributed by atoms with Gasteiger partial charge < -0.3 is 19.9 Å². The van der Waals surface area contributed by atoms with Gasteiger partial charge in [0.05, 0.1) is 23.2 Å². The van der Waals surface area contributed by atoms with Crippen LogP contribution in [0.15, 0.2) is 23.1 Å². The van der Waals surface area contributed by atoms with Crippen molar-refractivity contribution in [2.75, 3.05) is 18.1 Å². The maximum absolute atomic E-state index is 15.4. The van der Waals surface area contributed by atoms with Crippen LogP contribution in [0.3, 0.4) is 0 Å². The Morgan fingerprint density at radius 1 is 1.34 bits per heavy atom. The number of nitrogens with two attached hydrogens (primary N) is 1. The minimum Gasteiger partial charge on any atom is -0.462 e. The summed E-state index contributed by atoms with van der Waals surface area (Å²) >= 11 is 0. The average molecular weight is 397 g/mol. The van der Waals surface area contributed by atoms with E-state index < -0.39 is 17.2 Å². The van der Waals surface area contributed by atoms with Gasteiger partial charge >= 0.3 is 5.97 Å². The van der Waals surface area contributed by atoms with Crippen molar-refractivity contribution < 1.29 is 13.9 Å². The lowest BCUT2D eigenvalue weighted by Gasteiger charge is -2.27. The molecule has 3 aliphatic rings. The van der Waals surface area contributed by atoms with E-state index in [0.717, 1.165) is 25.7 Å². The molecule has 2 aliphatic heterocycles. The van der Waals surface area contributed by atoms with Gasteiger partial charge in [-0.05, 0) is 38.7 Å². The predicted octanol–water partition coefficient (Wildman–Crippen LogP) is 2.98. The number of fused-ring (bicyclic) bond motifs is 5. The SMILES string of the molecule is CCOC(=O)c1cn(C2CC2)c2c3c(c(F)cc2c1=O)N1C[C@@H](N)C[C@@H]1CC=C3. The summed E-state index contributed by atoms with van der Waals surface area (Å²) in [5, 5.41) is 0.227. The highest BCUT2D eigenvalue weighted by molar-refractivity contribution is 5.99. The van der Waals surface area contributed by atoms with E-state index >= 15 is 4.39 Å².